The fourth-order valence-electron chi connectivity index (χ4n) is 3.68. The number of amides is 1. The average Bonchev–Trinajstić information content (AvgIpc) is 2.75. The standard InChI is InChI=1S/C24H33N3O3/c1-18(2)20-7-5-19(6-8-20)16-26-11-13-27(14-12-26)17-24(28)25-22-15-21(29-3)9-10-23(22)30-4/h5-10,15,18H,11-14,16-17H2,1-4H3,(H,25,28). The van der Waals surface area contributed by atoms with Crippen LogP contribution in [0.4, 0.5) is 5.69 Å². The minimum Gasteiger partial charge on any atom is -0.497 e. The van der Waals surface area contributed by atoms with Crippen molar-refractivity contribution in [2.45, 2.75) is 26.3 Å². The average molecular weight is 412 g/mol. The number of methoxy groups -OCH3 is 2. The van der Waals surface area contributed by atoms with Crippen LogP contribution in [0.15, 0.2) is 42.5 Å². The van der Waals surface area contributed by atoms with Crippen LogP contribution in [0.3, 0.4) is 0 Å². The van der Waals surface area contributed by atoms with E-state index < -0.39 is 0 Å². The van der Waals surface area contributed by atoms with Crippen molar-refractivity contribution in [2.75, 3.05) is 52.3 Å². The number of rotatable bonds is 8. The molecule has 0 atom stereocenters. The van der Waals surface area contributed by atoms with Gasteiger partial charge in [-0.25, -0.2) is 0 Å². The molecule has 1 aliphatic rings. The summed E-state index contributed by atoms with van der Waals surface area (Å²) in [5, 5.41) is 2.95. The lowest BCUT2D eigenvalue weighted by molar-refractivity contribution is -0.117. The molecule has 30 heavy (non-hydrogen) atoms. The molecule has 0 saturated carbocycles. The normalized spacial score (nSPS) is 15.2. The van der Waals surface area contributed by atoms with Crippen molar-refractivity contribution in [3.63, 3.8) is 0 Å². The lowest BCUT2D eigenvalue weighted by atomic mass is 10.0. The maximum atomic E-state index is 12.5. The maximum Gasteiger partial charge on any atom is 0.238 e. The summed E-state index contributed by atoms with van der Waals surface area (Å²) < 4.78 is 10.6. The summed E-state index contributed by atoms with van der Waals surface area (Å²) in [5.74, 6) is 1.82. The second-order valence-electron chi connectivity index (χ2n) is 8.06. The molecule has 6 nitrogen and oxygen atoms in total. The number of ether oxygens (including phenoxy) is 2. The molecule has 1 saturated heterocycles. The Hall–Kier alpha value is -2.57. The third-order valence-corrected chi connectivity index (χ3v) is 5.57. The topological polar surface area (TPSA) is 54.0 Å². The first-order valence-corrected chi connectivity index (χ1v) is 10.5. The zero-order valence-corrected chi connectivity index (χ0v) is 18.5. The van der Waals surface area contributed by atoms with Gasteiger partial charge in [0.25, 0.3) is 0 Å². The monoisotopic (exact) mass is 411 g/mol. The molecule has 0 aromatic heterocycles. The summed E-state index contributed by atoms with van der Waals surface area (Å²) in [6.45, 7) is 9.45. The first-order chi connectivity index (χ1) is 14.5. The zero-order valence-electron chi connectivity index (χ0n) is 18.5. The molecule has 0 spiro atoms. The van der Waals surface area contributed by atoms with Gasteiger partial charge in [-0.15, -0.1) is 0 Å². The first-order valence-electron chi connectivity index (χ1n) is 10.5. The molecule has 3 rings (SSSR count). The summed E-state index contributed by atoms with van der Waals surface area (Å²) in [4.78, 5) is 17.2. The van der Waals surface area contributed by atoms with E-state index in [4.69, 9.17) is 9.47 Å². The van der Waals surface area contributed by atoms with Crippen molar-refractivity contribution in [3.05, 3.63) is 53.6 Å². The molecule has 162 valence electrons. The molecule has 0 unspecified atom stereocenters. The van der Waals surface area contributed by atoms with Crippen molar-refractivity contribution in [3.8, 4) is 11.5 Å². The molecule has 0 bridgehead atoms. The Morgan fingerprint density at radius 2 is 1.63 bits per heavy atom. The fraction of sp³-hybridized carbons (Fsp3) is 0.458. The van der Waals surface area contributed by atoms with Crippen molar-refractivity contribution < 1.29 is 14.3 Å². The second kappa shape index (κ2) is 10.5. The second-order valence-corrected chi connectivity index (χ2v) is 8.06. The Bertz CT molecular complexity index is 828. The van der Waals surface area contributed by atoms with Gasteiger partial charge in [-0.3, -0.25) is 14.6 Å². The van der Waals surface area contributed by atoms with Crippen LogP contribution in [-0.2, 0) is 11.3 Å². The van der Waals surface area contributed by atoms with Gasteiger partial charge in [0.2, 0.25) is 5.91 Å². The Labute approximate surface area is 179 Å². The SMILES string of the molecule is COc1ccc(OC)c(NC(=O)CN2CCN(Cc3ccc(C(C)C)cc3)CC2)c1. The highest BCUT2D eigenvalue weighted by Crippen LogP contribution is 2.28. The number of carbonyl (C=O) groups excluding carboxylic acids is 1. The van der Waals surface area contributed by atoms with Crippen LogP contribution >= 0.6 is 0 Å². The lowest BCUT2D eigenvalue weighted by Gasteiger charge is -2.34. The van der Waals surface area contributed by atoms with Gasteiger partial charge in [-0.1, -0.05) is 38.1 Å². The predicted octanol–water partition coefficient (Wildman–Crippen LogP) is 3.58. The van der Waals surface area contributed by atoms with Gasteiger partial charge in [0.05, 0.1) is 26.5 Å². The molecule has 6 heteroatoms. The Morgan fingerprint density at radius 1 is 0.967 bits per heavy atom. The van der Waals surface area contributed by atoms with Gasteiger partial charge >= 0.3 is 0 Å². The van der Waals surface area contributed by atoms with E-state index in [9.17, 15) is 4.79 Å². The summed E-state index contributed by atoms with van der Waals surface area (Å²) >= 11 is 0. The summed E-state index contributed by atoms with van der Waals surface area (Å²) in [5.41, 5.74) is 3.35. The number of carbonyl (C=O) groups is 1. The third-order valence-electron chi connectivity index (χ3n) is 5.57. The number of nitrogens with zero attached hydrogens (tertiary/aromatic N) is 2. The van der Waals surface area contributed by atoms with E-state index in [0.29, 0.717) is 29.6 Å². The molecule has 1 amide bonds. The van der Waals surface area contributed by atoms with E-state index in [2.05, 4.69) is 53.2 Å². The third kappa shape index (κ3) is 5.97. The molecule has 1 fully saturated rings. The van der Waals surface area contributed by atoms with Crippen LogP contribution in [0, 0.1) is 0 Å². The minimum absolute atomic E-state index is 0.0423. The van der Waals surface area contributed by atoms with Crippen LogP contribution in [-0.4, -0.2) is 62.7 Å². The van der Waals surface area contributed by atoms with Gasteiger partial charge in [0, 0.05) is 38.8 Å². The molecular weight excluding hydrogens is 378 g/mol. The van der Waals surface area contributed by atoms with Gasteiger partial charge in [-0.2, -0.15) is 0 Å². The number of piperazine rings is 1. The van der Waals surface area contributed by atoms with Crippen molar-refractivity contribution in [2.24, 2.45) is 0 Å². The highest BCUT2D eigenvalue weighted by molar-refractivity contribution is 5.94. The molecule has 0 radical (unpaired) electrons. The van der Waals surface area contributed by atoms with Crippen LogP contribution in [0.25, 0.3) is 0 Å². The van der Waals surface area contributed by atoms with Crippen LogP contribution < -0.4 is 14.8 Å². The van der Waals surface area contributed by atoms with E-state index >= 15 is 0 Å². The number of hydrogen-bond donors (Lipinski definition) is 1. The quantitative estimate of drug-likeness (QED) is 0.720. The smallest absolute Gasteiger partial charge is 0.238 e. The van der Waals surface area contributed by atoms with Crippen LogP contribution in [0.5, 0.6) is 11.5 Å². The Kier molecular flexibility index (Phi) is 7.71. The van der Waals surface area contributed by atoms with E-state index in [1.54, 1.807) is 26.4 Å². The molecule has 2 aromatic rings. The van der Waals surface area contributed by atoms with E-state index in [1.807, 2.05) is 6.07 Å². The summed E-state index contributed by atoms with van der Waals surface area (Å²) in [6.07, 6.45) is 0. The van der Waals surface area contributed by atoms with Gasteiger partial charge in [0.15, 0.2) is 0 Å². The molecule has 1 N–H and O–H groups in total. The Morgan fingerprint density at radius 3 is 2.23 bits per heavy atom. The molecular formula is C24H33N3O3. The fourth-order valence-corrected chi connectivity index (χ4v) is 3.68. The first kappa shape index (κ1) is 22.1. The largest absolute Gasteiger partial charge is 0.497 e. The maximum absolute atomic E-state index is 12.5. The highest BCUT2D eigenvalue weighted by Gasteiger charge is 2.20. The molecule has 1 heterocycles. The minimum atomic E-state index is -0.0423. The number of benzene rings is 2. The molecule has 0 aliphatic carbocycles. The molecule has 1 aliphatic heterocycles. The van der Waals surface area contributed by atoms with Crippen molar-refractivity contribution >= 4 is 11.6 Å². The number of hydrogen-bond acceptors (Lipinski definition) is 5. The predicted molar refractivity (Wildman–Crippen MR) is 120 cm³/mol. The Balaban J connectivity index is 1.47. The van der Waals surface area contributed by atoms with Crippen LogP contribution in [0.2, 0.25) is 0 Å². The number of anilines is 1. The lowest BCUT2D eigenvalue weighted by Crippen LogP contribution is -2.48. The zero-order chi connectivity index (χ0) is 21.5. The van der Waals surface area contributed by atoms with Gasteiger partial charge in [-0.05, 0) is 29.2 Å². The highest BCUT2D eigenvalue weighted by atomic mass is 16.5. The van der Waals surface area contributed by atoms with Gasteiger partial charge in [0.1, 0.15) is 11.5 Å². The van der Waals surface area contributed by atoms with E-state index in [1.165, 1.54) is 11.1 Å². The van der Waals surface area contributed by atoms with Crippen molar-refractivity contribution in [1.82, 2.24) is 9.80 Å². The van der Waals surface area contributed by atoms with E-state index in [0.717, 1.165) is 32.7 Å². The van der Waals surface area contributed by atoms with E-state index in [-0.39, 0.29) is 5.91 Å². The number of nitrogens with one attached hydrogen (secondary N) is 1. The summed E-state index contributed by atoms with van der Waals surface area (Å²) in [7, 11) is 3.19. The summed E-state index contributed by atoms with van der Waals surface area (Å²) in [6, 6.07) is 14.3. The van der Waals surface area contributed by atoms with Crippen molar-refractivity contribution in [1.29, 1.82) is 0 Å². The van der Waals surface area contributed by atoms with Crippen LogP contribution in [0.1, 0.15) is 30.9 Å². The molecule has 2 aromatic carbocycles. The van der Waals surface area contributed by atoms with Gasteiger partial charge < -0.3 is 14.8 Å².